The molecule has 104 valence electrons. The van der Waals surface area contributed by atoms with Gasteiger partial charge in [-0.25, -0.2) is 0 Å². The SMILES string of the molecule is CCCN(CCC)C(=O)c1ccc2c(c1)OCCO2. The quantitative estimate of drug-likeness (QED) is 0.820. The van der Waals surface area contributed by atoms with E-state index < -0.39 is 0 Å². The van der Waals surface area contributed by atoms with E-state index in [0.717, 1.165) is 31.7 Å². The van der Waals surface area contributed by atoms with Crippen molar-refractivity contribution in [1.82, 2.24) is 4.90 Å². The highest BCUT2D eigenvalue weighted by molar-refractivity contribution is 5.95. The van der Waals surface area contributed by atoms with Gasteiger partial charge in [0.25, 0.3) is 5.91 Å². The summed E-state index contributed by atoms with van der Waals surface area (Å²) in [5, 5.41) is 0. The lowest BCUT2D eigenvalue weighted by molar-refractivity contribution is 0.0754. The van der Waals surface area contributed by atoms with Crippen LogP contribution in [-0.2, 0) is 0 Å². The van der Waals surface area contributed by atoms with Crippen LogP contribution < -0.4 is 9.47 Å². The molecule has 0 atom stereocenters. The van der Waals surface area contributed by atoms with Crippen LogP contribution in [0.25, 0.3) is 0 Å². The van der Waals surface area contributed by atoms with E-state index in [1.807, 2.05) is 17.0 Å². The van der Waals surface area contributed by atoms with Crippen molar-refractivity contribution in [3.63, 3.8) is 0 Å². The van der Waals surface area contributed by atoms with E-state index in [1.165, 1.54) is 0 Å². The fourth-order valence-electron chi connectivity index (χ4n) is 2.21. The molecule has 0 unspecified atom stereocenters. The van der Waals surface area contributed by atoms with Crippen molar-refractivity contribution in [2.24, 2.45) is 0 Å². The van der Waals surface area contributed by atoms with Gasteiger partial charge in [-0.3, -0.25) is 4.79 Å². The normalized spacial score (nSPS) is 13.2. The molecule has 2 rings (SSSR count). The number of nitrogens with zero attached hydrogens (tertiary/aromatic N) is 1. The number of ether oxygens (including phenoxy) is 2. The molecule has 1 amide bonds. The largest absolute Gasteiger partial charge is 0.486 e. The maximum absolute atomic E-state index is 12.4. The molecule has 0 saturated carbocycles. The van der Waals surface area contributed by atoms with Crippen LogP contribution in [0.15, 0.2) is 18.2 Å². The monoisotopic (exact) mass is 263 g/mol. The van der Waals surface area contributed by atoms with E-state index in [1.54, 1.807) is 6.07 Å². The maximum atomic E-state index is 12.4. The summed E-state index contributed by atoms with van der Waals surface area (Å²) in [6.07, 6.45) is 1.94. The van der Waals surface area contributed by atoms with Crippen LogP contribution in [0.1, 0.15) is 37.0 Å². The second-order valence-electron chi connectivity index (χ2n) is 4.65. The van der Waals surface area contributed by atoms with Crippen molar-refractivity contribution in [1.29, 1.82) is 0 Å². The molecule has 1 aromatic rings. The maximum Gasteiger partial charge on any atom is 0.253 e. The van der Waals surface area contributed by atoms with Gasteiger partial charge in [-0.05, 0) is 31.0 Å². The summed E-state index contributed by atoms with van der Waals surface area (Å²) in [7, 11) is 0. The van der Waals surface area contributed by atoms with Gasteiger partial charge in [0, 0.05) is 18.7 Å². The molecule has 0 bridgehead atoms. The molecule has 0 aliphatic carbocycles. The third-order valence-corrected chi connectivity index (χ3v) is 3.06. The summed E-state index contributed by atoms with van der Waals surface area (Å²) < 4.78 is 11.0. The number of hydrogen-bond acceptors (Lipinski definition) is 3. The molecule has 1 heterocycles. The second-order valence-corrected chi connectivity index (χ2v) is 4.65. The van der Waals surface area contributed by atoms with Crippen LogP contribution in [0.4, 0.5) is 0 Å². The zero-order valence-corrected chi connectivity index (χ0v) is 11.6. The number of fused-ring (bicyclic) bond motifs is 1. The fraction of sp³-hybridized carbons (Fsp3) is 0.533. The lowest BCUT2D eigenvalue weighted by Crippen LogP contribution is -2.32. The molecule has 1 aliphatic rings. The van der Waals surface area contributed by atoms with E-state index in [4.69, 9.17) is 9.47 Å². The molecule has 0 saturated heterocycles. The smallest absolute Gasteiger partial charge is 0.253 e. The molecule has 1 aliphatic heterocycles. The minimum atomic E-state index is 0.0701. The Morgan fingerprint density at radius 1 is 1.11 bits per heavy atom. The molecular formula is C15H21NO3. The Kier molecular flexibility index (Phi) is 4.66. The molecule has 4 heteroatoms. The molecule has 0 spiro atoms. The van der Waals surface area contributed by atoms with Crippen LogP contribution in [0.3, 0.4) is 0 Å². The summed E-state index contributed by atoms with van der Waals surface area (Å²) in [5.74, 6) is 1.46. The first-order chi connectivity index (χ1) is 9.26. The molecule has 4 nitrogen and oxygen atoms in total. The Bertz CT molecular complexity index is 439. The Labute approximate surface area is 114 Å². The van der Waals surface area contributed by atoms with Crippen molar-refractivity contribution in [2.45, 2.75) is 26.7 Å². The van der Waals surface area contributed by atoms with Crippen molar-refractivity contribution >= 4 is 5.91 Å². The van der Waals surface area contributed by atoms with Crippen molar-refractivity contribution in [3.05, 3.63) is 23.8 Å². The minimum Gasteiger partial charge on any atom is -0.486 e. The first kappa shape index (κ1) is 13.7. The lowest BCUT2D eigenvalue weighted by Gasteiger charge is -2.23. The molecule has 1 aromatic carbocycles. The minimum absolute atomic E-state index is 0.0701. The first-order valence-electron chi connectivity index (χ1n) is 6.95. The third kappa shape index (κ3) is 3.19. The fourth-order valence-corrected chi connectivity index (χ4v) is 2.21. The predicted octanol–water partition coefficient (Wildman–Crippen LogP) is 2.72. The standard InChI is InChI=1S/C15H21NO3/c1-3-7-16(8-4-2)15(17)12-5-6-13-14(11-12)19-10-9-18-13/h5-6,11H,3-4,7-10H2,1-2H3. The summed E-state index contributed by atoms with van der Waals surface area (Å²) in [6.45, 7) is 6.86. The average Bonchev–Trinajstić information content (AvgIpc) is 2.46. The van der Waals surface area contributed by atoms with Gasteiger partial charge in [0.2, 0.25) is 0 Å². The van der Waals surface area contributed by atoms with Gasteiger partial charge in [-0.15, -0.1) is 0 Å². The third-order valence-electron chi connectivity index (χ3n) is 3.06. The second kappa shape index (κ2) is 6.45. The highest BCUT2D eigenvalue weighted by Crippen LogP contribution is 2.31. The van der Waals surface area contributed by atoms with E-state index in [0.29, 0.717) is 24.5 Å². The van der Waals surface area contributed by atoms with Crippen LogP contribution in [0.2, 0.25) is 0 Å². The topological polar surface area (TPSA) is 38.8 Å². The number of hydrogen-bond donors (Lipinski definition) is 0. The van der Waals surface area contributed by atoms with E-state index in [9.17, 15) is 4.79 Å². The van der Waals surface area contributed by atoms with Crippen LogP contribution in [0.5, 0.6) is 11.5 Å². The van der Waals surface area contributed by atoms with Gasteiger partial charge < -0.3 is 14.4 Å². The summed E-state index contributed by atoms with van der Waals surface area (Å²) in [6, 6.07) is 5.42. The number of carbonyl (C=O) groups is 1. The summed E-state index contributed by atoms with van der Waals surface area (Å²) in [5.41, 5.74) is 0.672. The number of rotatable bonds is 5. The molecule has 0 N–H and O–H groups in total. The molecule has 0 fully saturated rings. The van der Waals surface area contributed by atoms with Gasteiger partial charge in [0.05, 0.1) is 0 Å². The van der Waals surface area contributed by atoms with Gasteiger partial charge in [-0.2, -0.15) is 0 Å². The van der Waals surface area contributed by atoms with Gasteiger partial charge >= 0.3 is 0 Å². The van der Waals surface area contributed by atoms with Gasteiger partial charge in [-0.1, -0.05) is 13.8 Å². The van der Waals surface area contributed by atoms with Crippen LogP contribution >= 0.6 is 0 Å². The van der Waals surface area contributed by atoms with E-state index in [2.05, 4.69) is 13.8 Å². The van der Waals surface area contributed by atoms with Crippen molar-refractivity contribution < 1.29 is 14.3 Å². The Morgan fingerprint density at radius 3 is 2.37 bits per heavy atom. The summed E-state index contributed by atoms with van der Waals surface area (Å²) in [4.78, 5) is 14.3. The van der Waals surface area contributed by atoms with E-state index in [-0.39, 0.29) is 5.91 Å². The zero-order chi connectivity index (χ0) is 13.7. The van der Waals surface area contributed by atoms with Crippen molar-refractivity contribution in [2.75, 3.05) is 26.3 Å². The van der Waals surface area contributed by atoms with Gasteiger partial charge in [0.1, 0.15) is 13.2 Å². The van der Waals surface area contributed by atoms with E-state index >= 15 is 0 Å². The molecule has 0 radical (unpaired) electrons. The predicted molar refractivity (Wildman–Crippen MR) is 73.9 cm³/mol. The number of benzene rings is 1. The highest BCUT2D eigenvalue weighted by atomic mass is 16.6. The number of carbonyl (C=O) groups excluding carboxylic acids is 1. The molecular weight excluding hydrogens is 242 g/mol. The highest BCUT2D eigenvalue weighted by Gasteiger charge is 2.18. The molecule has 0 aromatic heterocycles. The first-order valence-corrected chi connectivity index (χ1v) is 6.95. The summed E-state index contributed by atoms with van der Waals surface area (Å²) >= 11 is 0. The number of amides is 1. The Hall–Kier alpha value is -1.71. The Balaban J connectivity index is 2.17. The average molecular weight is 263 g/mol. The van der Waals surface area contributed by atoms with Gasteiger partial charge in [0.15, 0.2) is 11.5 Å². The van der Waals surface area contributed by atoms with Crippen LogP contribution in [-0.4, -0.2) is 37.1 Å². The lowest BCUT2D eigenvalue weighted by atomic mass is 10.1. The van der Waals surface area contributed by atoms with Crippen molar-refractivity contribution in [3.8, 4) is 11.5 Å². The Morgan fingerprint density at radius 2 is 1.74 bits per heavy atom. The molecule has 19 heavy (non-hydrogen) atoms. The van der Waals surface area contributed by atoms with Crippen LogP contribution in [0, 0.1) is 0 Å². The zero-order valence-electron chi connectivity index (χ0n) is 11.6.